The lowest BCUT2D eigenvalue weighted by atomic mass is 10.2. The van der Waals surface area contributed by atoms with Gasteiger partial charge in [-0.25, -0.2) is 4.98 Å². The van der Waals surface area contributed by atoms with Crippen molar-refractivity contribution in [3.8, 4) is 11.4 Å². The van der Waals surface area contributed by atoms with Crippen molar-refractivity contribution < 1.29 is 9.47 Å². The standard InChI is InChI=1S/C18H20N2O2S/c1-3-22-12-13-23-18-19-16-6-4-5-7-17(16)20(18)14-8-10-15(21-2)11-9-14/h4-11H,3,12-13H2,1-2H3. The van der Waals surface area contributed by atoms with Crippen molar-refractivity contribution in [3.05, 3.63) is 48.5 Å². The molecule has 0 saturated heterocycles. The quantitative estimate of drug-likeness (QED) is 0.482. The van der Waals surface area contributed by atoms with Gasteiger partial charge in [0, 0.05) is 18.0 Å². The Labute approximate surface area is 140 Å². The molecule has 3 rings (SSSR count). The third-order valence-electron chi connectivity index (χ3n) is 3.52. The van der Waals surface area contributed by atoms with Crippen LogP contribution in [0.1, 0.15) is 6.92 Å². The Hall–Kier alpha value is -1.98. The number of hydrogen-bond acceptors (Lipinski definition) is 4. The molecule has 0 spiro atoms. The summed E-state index contributed by atoms with van der Waals surface area (Å²) in [6.07, 6.45) is 0. The number of aromatic nitrogens is 2. The average Bonchev–Trinajstić information content (AvgIpc) is 2.97. The summed E-state index contributed by atoms with van der Waals surface area (Å²) in [5.74, 6) is 1.73. The molecule has 2 aromatic carbocycles. The Balaban J connectivity index is 1.97. The zero-order chi connectivity index (χ0) is 16.1. The molecule has 0 aliphatic rings. The summed E-state index contributed by atoms with van der Waals surface area (Å²) < 4.78 is 12.9. The highest BCUT2D eigenvalue weighted by molar-refractivity contribution is 7.99. The van der Waals surface area contributed by atoms with Crippen molar-refractivity contribution in [1.29, 1.82) is 0 Å². The highest BCUT2D eigenvalue weighted by Crippen LogP contribution is 2.28. The number of ether oxygens (including phenoxy) is 2. The number of nitrogens with zero attached hydrogens (tertiary/aromatic N) is 2. The predicted octanol–water partition coefficient (Wildman–Crippen LogP) is 4.16. The van der Waals surface area contributed by atoms with Crippen LogP contribution in [0.15, 0.2) is 53.7 Å². The highest BCUT2D eigenvalue weighted by Gasteiger charge is 2.12. The summed E-state index contributed by atoms with van der Waals surface area (Å²) in [7, 11) is 1.68. The lowest BCUT2D eigenvalue weighted by Crippen LogP contribution is -2.00. The van der Waals surface area contributed by atoms with E-state index in [1.807, 2.05) is 37.3 Å². The second-order valence-electron chi connectivity index (χ2n) is 4.96. The van der Waals surface area contributed by atoms with Crippen LogP contribution >= 0.6 is 11.8 Å². The van der Waals surface area contributed by atoms with E-state index in [9.17, 15) is 0 Å². The van der Waals surface area contributed by atoms with Crippen molar-refractivity contribution in [2.75, 3.05) is 26.1 Å². The van der Waals surface area contributed by atoms with Gasteiger partial charge in [0.2, 0.25) is 0 Å². The van der Waals surface area contributed by atoms with Crippen LogP contribution in [0.3, 0.4) is 0 Å². The first-order valence-corrected chi connectivity index (χ1v) is 8.64. The van der Waals surface area contributed by atoms with Gasteiger partial charge >= 0.3 is 0 Å². The Kier molecular flexibility index (Phi) is 5.20. The Bertz CT molecular complexity index is 768. The van der Waals surface area contributed by atoms with Gasteiger partial charge < -0.3 is 9.47 Å². The number of fused-ring (bicyclic) bond motifs is 1. The molecule has 1 heterocycles. The van der Waals surface area contributed by atoms with E-state index in [0.717, 1.165) is 46.6 Å². The predicted molar refractivity (Wildman–Crippen MR) is 94.8 cm³/mol. The minimum atomic E-state index is 0.729. The lowest BCUT2D eigenvalue weighted by molar-refractivity contribution is 0.164. The number of thioether (sulfide) groups is 1. The smallest absolute Gasteiger partial charge is 0.173 e. The van der Waals surface area contributed by atoms with Crippen LogP contribution in [0.2, 0.25) is 0 Å². The summed E-state index contributed by atoms with van der Waals surface area (Å²) in [5, 5.41) is 0.982. The maximum Gasteiger partial charge on any atom is 0.173 e. The van der Waals surface area contributed by atoms with Gasteiger partial charge in [-0.1, -0.05) is 23.9 Å². The molecule has 0 bridgehead atoms. The number of methoxy groups -OCH3 is 1. The first kappa shape index (κ1) is 15.9. The van der Waals surface area contributed by atoms with Crippen molar-refractivity contribution >= 4 is 22.8 Å². The van der Waals surface area contributed by atoms with Gasteiger partial charge in [0.05, 0.1) is 24.8 Å². The Morgan fingerprint density at radius 1 is 1.09 bits per heavy atom. The van der Waals surface area contributed by atoms with Crippen LogP contribution in [0.25, 0.3) is 16.7 Å². The highest BCUT2D eigenvalue weighted by atomic mass is 32.2. The van der Waals surface area contributed by atoms with Gasteiger partial charge in [0.15, 0.2) is 5.16 Å². The average molecular weight is 328 g/mol. The van der Waals surface area contributed by atoms with Gasteiger partial charge in [-0.3, -0.25) is 4.57 Å². The maximum absolute atomic E-state index is 5.43. The molecule has 0 unspecified atom stereocenters. The minimum Gasteiger partial charge on any atom is -0.497 e. The molecule has 0 saturated carbocycles. The van der Waals surface area contributed by atoms with Crippen molar-refractivity contribution in [1.82, 2.24) is 9.55 Å². The number of para-hydroxylation sites is 2. The fourth-order valence-corrected chi connectivity index (χ4v) is 3.30. The molecule has 120 valence electrons. The Morgan fingerprint density at radius 3 is 2.61 bits per heavy atom. The molecule has 23 heavy (non-hydrogen) atoms. The molecule has 0 fully saturated rings. The first-order valence-electron chi connectivity index (χ1n) is 7.66. The fourth-order valence-electron chi connectivity index (χ4n) is 2.42. The van der Waals surface area contributed by atoms with E-state index in [4.69, 9.17) is 14.5 Å². The van der Waals surface area contributed by atoms with Crippen LogP contribution in [-0.4, -0.2) is 35.6 Å². The summed E-state index contributed by atoms with van der Waals surface area (Å²) in [6.45, 7) is 3.49. The van der Waals surface area contributed by atoms with E-state index >= 15 is 0 Å². The van der Waals surface area contributed by atoms with E-state index in [-0.39, 0.29) is 0 Å². The molecule has 0 aliphatic carbocycles. The molecular weight excluding hydrogens is 308 g/mol. The minimum absolute atomic E-state index is 0.729. The fraction of sp³-hybridized carbons (Fsp3) is 0.278. The van der Waals surface area contributed by atoms with Gasteiger partial charge in [-0.05, 0) is 43.3 Å². The van der Waals surface area contributed by atoms with Crippen LogP contribution in [0.4, 0.5) is 0 Å². The van der Waals surface area contributed by atoms with E-state index in [1.165, 1.54) is 0 Å². The largest absolute Gasteiger partial charge is 0.497 e. The van der Waals surface area contributed by atoms with Crippen molar-refractivity contribution in [3.63, 3.8) is 0 Å². The molecule has 1 aromatic heterocycles. The van der Waals surface area contributed by atoms with E-state index < -0.39 is 0 Å². The Morgan fingerprint density at radius 2 is 1.87 bits per heavy atom. The number of imidazole rings is 1. The zero-order valence-corrected chi connectivity index (χ0v) is 14.2. The van der Waals surface area contributed by atoms with Gasteiger partial charge in [-0.15, -0.1) is 0 Å². The van der Waals surface area contributed by atoms with Crippen molar-refractivity contribution in [2.24, 2.45) is 0 Å². The summed E-state index contributed by atoms with van der Waals surface area (Å²) in [4.78, 5) is 4.77. The molecular formula is C18H20N2O2S. The second-order valence-corrected chi connectivity index (χ2v) is 6.02. The first-order chi connectivity index (χ1) is 11.3. The van der Waals surface area contributed by atoms with Gasteiger partial charge in [0.25, 0.3) is 0 Å². The zero-order valence-electron chi connectivity index (χ0n) is 13.4. The summed E-state index contributed by atoms with van der Waals surface area (Å²) >= 11 is 1.71. The number of rotatable bonds is 7. The number of benzene rings is 2. The molecule has 0 N–H and O–H groups in total. The molecule has 0 aliphatic heterocycles. The second kappa shape index (κ2) is 7.53. The monoisotopic (exact) mass is 328 g/mol. The van der Waals surface area contributed by atoms with Crippen LogP contribution in [-0.2, 0) is 4.74 Å². The van der Waals surface area contributed by atoms with E-state index in [1.54, 1.807) is 18.9 Å². The van der Waals surface area contributed by atoms with Gasteiger partial charge in [0.1, 0.15) is 5.75 Å². The third kappa shape index (κ3) is 3.51. The topological polar surface area (TPSA) is 36.3 Å². The van der Waals surface area contributed by atoms with E-state index in [0.29, 0.717) is 0 Å². The third-order valence-corrected chi connectivity index (χ3v) is 4.43. The van der Waals surface area contributed by atoms with Crippen LogP contribution in [0.5, 0.6) is 5.75 Å². The van der Waals surface area contributed by atoms with Crippen LogP contribution < -0.4 is 4.74 Å². The van der Waals surface area contributed by atoms with E-state index in [2.05, 4.69) is 22.8 Å². The lowest BCUT2D eigenvalue weighted by Gasteiger charge is -2.10. The van der Waals surface area contributed by atoms with Gasteiger partial charge in [-0.2, -0.15) is 0 Å². The molecule has 0 atom stereocenters. The normalized spacial score (nSPS) is 11.0. The van der Waals surface area contributed by atoms with Crippen molar-refractivity contribution in [2.45, 2.75) is 12.1 Å². The molecule has 3 aromatic rings. The maximum atomic E-state index is 5.43. The summed E-state index contributed by atoms with van der Waals surface area (Å²) in [5.41, 5.74) is 3.19. The summed E-state index contributed by atoms with van der Waals surface area (Å²) in [6, 6.07) is 16.2. The van der Waals surface area contributed by atoms with Crippen LogP contribution in [0, 0.1) is 0 Å². The molecule has 0 amide bonds. The molecule has 5 heteroatoms. The number of hydrogen-bond donors (Lipinski definition) is 0. The molecule has 0 radical (unpaired) electrons. The SMILES string of the molecule is CCOCCSc1nc2ccccc2n1-c1ccc(OC)cc1. The molecule has 4 nitrogen and oxygen atoms in total.